The molecule has 2 saturated heterocycles. The van der Waals surface area contributed by atoms with Gasteiger partial charge in [-0.3, -0.25) is 0 Å². The summed E-state index contributed by atoms with van der Waals surface area (Å²) in [7, 11) is 0. The zero-order valence-corrected chi connectivity index (χ0v) is 17.8. The van der Waals surface area contributed by atoms with E-state index in [4.69, 9.17) is 19.3 Å². The largest absolute Gasteiger partial charge is 0.478 e. The van der Waals surface area contributed by atoms with Crippen LogP contribution in [0.3, 0.4) is 0 Å². The van der Waals surface area contributed by atoms with E-state index in [0.29, 0.717) is 12.0 Å². The van der Waals surface area contributed by atoms with Gasteiger partial charge in [0.2, 0.25) is 0 Å². The molecule has 3 aliphatic rings. The quantitative estimate of drug-likeness (QED) is 0.223. The predicted molar refractivity (Wildman–Crippen MR) is 106 cm³/mol. The smallest absolute Gasteiger partial charge is 0.328 e. The molecule has 0 spiro atoms. The van der Waals surface area contributed by atoms with Crippen molar-refractivity contribution in [3.63, 3.8) is 0 Å². The highest BCUT2D eigenvalue weighted by Gasteiger charge is 2.67. The van der Waals surface area contributed by atoms with Gasteiger partial charge in [0, 0.05) is 17.9 Å². The van der Waals surface area contributed by atoms with E-state index >= 15 is 0 Å². The number of ether oxygens (including phenoxy) is 3. The topological polar surface area (TPSA) is 166 Å². The van der Waals surface area contributed by atoms with Gasteiger partial charge in [0.1, 0.15) is 35.6 Å². The van der Waals surface area contributed by atoms with E-state index in [1.165, 1.54) is 0 Å². The maximum absolute atomic E-state index is 11.6. The first kappa shape index (κ1) is 24.3. The summed E-state index contributed by atoms with van der Waals surface area (Å²) in [5.41, 5.74) is -2.77. The zero-order chi connectivity index (χ0) is 23.2. The number of carboxylic acid groups (broad SMARTS) is 1. The number of fused-ring (bicyclic) bond motifs is 2. The molecule has 176 valence electrons. The molecule has 0 aromatic heterocycles. The number of hydrogen-bond donors (Lipinski definition) is 6. The lowest BCUT2D eigenvalue weighted by Crippen LogP contribution is -2.63. The van der Waals surface area contributed by atoms with E-state index in [1.807, 2.05) is 6.92 Å². The molecule has 0 aromatic carbocycles. The van der Waals surface area contributed by atoms with Crippen LogP contribution in [-0.2, 0) is 19.0 Å². The van der Waals surface area contributed by atoms with Gasteiger partial charge < -0.3 is 44.8 Å². The summed E-state index contributed by atoms with van der Waals surface area (Å²) >= 11 is 0. The first-order chi connectivity index (χ1) is 14.4. The van der Waals surface area contributed by atoms with Crippen LogP contribution in [0.1, 0.15) is 33.6 Å². The van der Waals surface area contributed by atoms with Gasteiger partial charge in [-0.05, 0) is 31.9 Å². The monoisotopic (exact) mass is 444 g/mol. The fraction of sp³-hybridized carbons (Fsp3) is 0.762. The van der Waals surface area contributed by atoms with Gasteiger partial charge in [0.05, 0.1) is 19.3 Å². The van der Waals surface area contributed by atoms with Crippen LogP contribution < -0.4 is 0 Å². The van der Waals surface area contributed by atoms with Gasteiger partial charge in [-0.25, -0.2) is 4.79 Å². The molecule has 0 unspecified atom stereocenters. The highest BCUT2D eigenvalue weighted by Crippen LogP contribution is 2.58. The van der Waals surface area contributed by atoms with E-state index in [9.17, 15) is 30.3 Å². The van der Waals surface area contributed by atoms with Gasteiger partial charge in [-0.1, -0.05) is 13.0 Å². The molecule has 2 heterocycles. The first-order valence-electron chi connectivity index (χ1n) is 10.3. The number of carbonyl (C=O) groups is 1. The third kappa shape index (κ3) is 4.19. The number of hydrogen-bond acceptors (Lipinski definition) is 9. The molecule has 2 aliphatic heterocycles. The molecular weight excluding hydrogens is 412 g/mol. The summed E-state index contributed by atoms with van der Waals surface area (Å²) in [6.07, 6.45) is -2.65. The molecule has 9 atom stereocenters. The molecule has 10 nitrogen and oxygen atoms in total. The summed E-state index contributed by atoms with van der Waals surface area (Å²) in [4.78, 5) is 10.9. The maximum atomic E-state index is 11.6. The SMILES string of the molecule is CC(/C=C/[C@]1(O)[C@]2(C)CO[C@@]1(C)C[C@H](O[C@H]1O[C@@H](CO)[C@H](O)[C@@H](O)[C@@H]1O)C2)=C\C(=O)O. The van der Waals surface area contributed by atoms with Crippen LogP contribution in [-0.4, -0.2) is 97.8 Å². The molecule has 10 heteroatoms. The predicted octanol–water partition coefficient (Wildman–Crippen LogP) is -0.921. The van der Waals surface area contributed by atoms with Crippen molar-refractivity contribution in [3.05, 3.63) is 23.8 Å². The first-order valence-corrected chi connectivity index (χ1v) is 10.3. The lowest BCUT2D eigenvalue weighted by atomic mass is 9.59. The van der Waals surface area contributed by atoms with Crippen molar-refractivity contribution < 1.29 is 49.6 Å². The van der Waals surface area contributed by atoms with Crippen molar-refractivity contribution >= 4 is 5.97 Å². The minimum Gasteiger partial charge on any atom is -0.478 e. The van der Waals surface area contributed by atoms with E-state index in [2.05, 4.69) is 0 Å². The number of aliphatic hydroxyl groups is 5. The van der Waals surface area contributed by atoms with Gasteiger partial charge in [0.15, 0.2) is 6.29 Å². The Hall–Kier alpha value is -1.37. The minimum atomic E-state index is -1.54. The second-order valence-electron chi connectivity index (χ2n) is 9.27. The summed E-state index contributed by atoms with van der Waals surface area (Å²) in [5, 5.41) is 60.0. The second kappa shape index (κ2) is 8.53. The Morgan fingerprint density at radius 3 is 2.42 bits per heavy atom. The normalized spacial score (nSPS) is 48.3. The molecule has 1 saturated carbocycles. The maximum Gasteiger partial charge on any atom is 0.328 e. The Labute approximate surface area is 180 Å². The molecule has 2 bridgehead atoms. The standard InChI is InChI=1S/C21H32O10/c1-11(6-14(23)24)4-5-21(28)19(2)7-12(8-20(21,3)29-10-19)30-18-17(27)16(26)15(25)13(9-22)31-18/h4-6,12-13,15-18,22,25-28H,7-10H2,1-3H3,(H,23,24)/b5-4+,11-6+/t12-,13+,15+,16-,17+,18+,19+,20+,21+/m1/s1. The van der Waals surface area contributed by atoms with Crippen molar-refractivity contribution in [1.29, 1.82) is 0 Å². The summed E-state index contributed by atoms with van der Waals surface area (Å²) in [5.74, 6) is -1.08. The molecule has 31 heavy (non-hydrogen) atoms. The van der Waals surface area contributed by atoms with Crippen molar-refractivity contribution in [1.82, 2.24) is 0 Å². The fourth-order valence-corrected chi connectivity index (χ4v) is 4.95. The van der Waals surface area contributed by atoms with E-state index in [-0.39, 0.29) is 13.0 Å². The van der Waals surface area contributed by atoms with Crippen LogP contribution in [0.15, 0.2) is 23.8 Å². The number of rotatable bonds is 6. The lowest BCUT2D eigenvalue weighted by molar-refractivity contribution is -0.319. The number of aliphatic hydroxyl groups excluding tert-OH is 4. The molecule has 3 rings (SSSR count). The van der Waals surface area contributed by atoms with Crippen LogP contribution in [0.25, 0.3) is 0 Å². The van der Waals surface area contributed by atoms with E-state index in [1.54, 1.807) is 26.0 Å². The fourth-order valence-electron chi connectivity index (χ4n) is 4.95. The molecule has 3 fully saturated rings. The van der Waals surface area contributed by atoms with E-state index in [0.717, 1.165) is 6.08 Å². The number of carboxylic acids is 1. The van der Waals surface area contributed by atoms with Crippen LogP contribution >= 0.6 is 0 Å². The van der Waals surface area contributed by atoms with Gasteiger partial charge in [-0.2, -0.15) is 0 Å². The third-order valence-corrected chi connectivity index (χ3v) is 6.84. The second-order valence-corrected chi connectivity index (χ2v) is 9.27. The van der Waals surface area contributed by atoms with Crippen molar-refractivity contribution in [2.75, 3.05) is 13.2 Å². The van der Waals surface area contributed by atoms with Crippen LogP contribution in [0.2, 0.25) is 0 Å². The molecule has 0 amide bonds. The Bertz CT molecular complexity index is 728. The molecule has 0 radical (unpaired) electrons. The Balaban J connectivity index is 1.78. The highest BCUT2D eigenvalue weighted by atomic mass is 16.7. The Morgan fingerprint density at radius 2 is 1.84 bits per heavy atom. The minimum absolute atomic E-state index is 0.236. The van der Waals surface area contributed by atoms with E-state index < -0.39 is 66.0 Å². The zero-order valence-electron chi connectivity index (χ0n) is 17.8. The Kier molecular flexibility index (Phi) is 6.68. The van der Waals surface area contributed by atoms with Crippen molar-refractivity contribution in [2.24, 2.45) is 5.41 Å². The van der Waals surface area contributed by atoms with Gasteiger partial charge >= 0.3 is 5.97 Å². The summed E-state index contributed by atoms with van der Waals surface area (Å²) in [6, 6.07) is 0. The van der Waals surface area contributed by atoms with Crippen molar-refractivity contribution in [2.45, 2.75) is 81.6 Å². The molecule has 1 aliphatic carbocycles. The number of aliphatic carboxylic acids is 1. The van der Waals surface area contributed by atoms with Crippen LogP contribution in [0.5, 0.6) is 0 Å². The number of allylic oxidation sites excluding steroid dienone is 2. The molecular formula is C21H32O10. The summed E-state index contributed by atoms with van der Waals surface area (Å²) < 4.78 is 17.3. The third-order valence-electron chi connectivity index (χ3n) is 6.84. The Morgan fingerprint density at radius 1 is 1.16 bits per heavy atom. The van der Waals surface area contributed by atoms with Gasteiger partial charge in [0.25, 0.3) is 0 Å². The average molecular weight is 444 g/mol. The molecule has 0 aromatic rings. The lowest BCUT2D eigenvalue weighted by Gasteiger charge is -2.51. The van der Waals surface area contributed by atoms with Crippen LogP contribution in [0, 0.1) is 5.41 Å². The average Bonchev–Trinajstić information content (AvgIpc) is 2.79. The highest BCUT2D eigenvalue weighted by molar-refractivity contribution is 5.81. The summed E-state index contributed by atoms with van der Waals surface area (Å²) in [6.45, 7) is 4.88. The van der Waals surface area contributed by atoms with Gasteiger partial charge in [-0.15, -0.1) is 0 Å². The van der Waals surface area contributed by atoms with Crippen molar-refractivity contribution in [3.8, 4) is 0 Å². The molecule has 6 N–H and O–H groups in total. The van der Waals surface area contributed by atoms with Crippen LogP contribution in [0.4, 0.5) is 0 Å².